The number of nitrogens with zero attached hydrogens (tertiary/aromatic N) is 3. The van der Waals surface area contributed by atoms with Gasteiger partial charge in [-0.05, 0) is 65.6 Å². The molecule has 0 bridgehead atoms. The van der Waals surface area contributed by atoms with E-state index >= 15 is 0 Å². The summed E-state index contributed by atoms with van der Waals surface area (Å²) in [5.41, 5.74) is 0. The number of ether oxygens (including phenoxy) is 1. The smallest absolute Gasteiger partial charge is 0.222 e. The van der Waals surface area contributed by atoms with Gasteiger partial charge in [-0.2, -0.15) is 0 Å². The summed E-state index contributed by atoms with van der Waals surface area (Å²) in [6.07, 6.45) is 8.14. The van der Waals surface area contributed by atoms with Gasteiger partial charge in [0.15, 0.2) is 0 Å². The van der Waals surface area contributed by atoms with Gasteiger partial charge in [0, 0.05) is 38.6 Å². The van der Waals surface area contributed by atoms with Crippen molar-refractivity contribution in [2.45, 2.75) is 76.2 Å². The minimum absolute atomic E-state index is 0.299. The van der Waals surface area contributed by atoms with Crippen LogP contribution in [0.4, 0.5) is 0 Å². The van der Waals surface area contributed by atoms with Crippen molar-refractivity contribution in [2.24, 2.45) is 0 Å². The maximum absolute atomic E-state index is 12.5. The van der Waals surface area contributed by atoms with Gasteiger partial charge in [0.2, 0.25) is 5.91 Å². The van der Waals surface area contributed by atoms with E-state index in [0.717, 1.165) is 44.8 Å². The fourth-order valence-corrected chi connectivity index (χ4v) is 4.54. The van der Waals surface area contributed by atoms with E-state index in [-0.39, 0.29) is 0 Å². The molecule has 0 N–H and O–H groups in total. The van der Waals surface area contributed by atoms with E-state index in [1.165, 1.54) is 25.9 Å². The van der Waals surface area contributed by atoms with E-state index in [2.05, 4.69) is 23.8 Å². The molecule has 0 aromatic heterocycles. The first-order valence-electron chi connectivity index (χ1n) is 9.86. The summed E-state index contributed by atoms with van der Waals surface area (Å²) in [4.78, 5) is 19.6. The number of likely N-dealkylation sites (tertiary alicyclic amines) is 2. The molecule has 0 unspecified atom stereocenters. The second kappa shape index (κ2) is 8.15. The summed E-state index contributed by atoms with van der Waals surface area (Å²) in [5, 5.41) is 0. The standard InChI is InChI=1S/C19H35N3O2/c1-15-4-5-18(24-15)6-7-19(23)21(3)17-10-13-22(14-17)16-8-11-20(2)12-9-16/h15-18H,4-14H2,1-3H3/t15-,17-,18+/m1/s1. The molecule has 138 valence electrons. The lowest BCUT2D eigenvalue weighted by molar-refractivity contribution is -0.132. The molecule has 5 nitrogen and oxygen atoms in total. The number of hydrogen-bond acceptors (Lipinski definition) is 4. The maximum Gasteiger partial charge on any atom is 0.222 e. The summed E-state index contributed by atoms with van der Waals surface area (Å²) < 4.78 is 5.84. The minimum Gasteiger partial charge on any atom is -0.375 e. The lowest BCUT2D eigenvalue weighted by atomic mass is 10.0. The molecule has 3 saturated heterocycles. The summed E-state index contributed by atoms with van der Waals surface area (Å²) >= 11 is 0. The van der Waals surface area contributed by atoms with Crippen LogP contribution in [0.5, 0.6) is 0 Å². The molecule has 0 spiro atoms. The Balaban J connectivity index is 1.40. The first-order chi connectivity index (χ1) is 11.5. The highest BCUT2D eigenvalue weighted by Crippen LogP contribution is 2.25. The van der Waals surface area contributed by atoms with Gasteiger partial charge in [-0.3, -0.25) is 9.69 Å². The summed E-state index contributed by atoms with van der Waals surface area (Å²) in [7, 11) is 4.22. The zero-order valence-electron chi connectivity index (χ0n) is 15.7. The third-order valence-electron chi connectivity index (χ3n) is 6.34. The highest BCUT2D eigenvalue weighted by atomic mass is 16.5. The molecule has 3 aliphatic heterocycles. The number of rotatable bonds is 5. The van der Waals surface area contributed by atoms with Gasteiger partial charge in [0.25, 0.3) is 0 Å². The Hall–Kier alpha value is -0.650. The SMILES string of the molecule is C[C@@H]1CC[C@@H](CCC(=O)N(C)[C@@H]2CCN(C3CCN(C)CC3)C2)O1. The van der Waals surface area contributed by atoms with Crippen molar-refractivity contribution in [3.63, 3.8) is 0 Å². The molecule has 0 aromatic carbocycles. The van der Waals surface area contributed by atoms with Crippen LogP contribution in [0, 0.1) is 0 Å². The van der Waals surface area contributed by atoms with Gasteiger partial charge in [-0.25, -0.2) is 0 Å². The first kappa shape index (κ1) is 18.2. The Morgan fingerprint density at radius 1 is 1.12 bits per heavy atom. The molecular weight excluding hydrogens is 302 g/mol. The van der Waals surface area contributed by atoms with E-state index in [1.54, 1.807) is 0 Å². The van der Waals surface area contributed by atoms with Crippen LogP contribution in [0.1, 0.15) is 51.9 Å². The molecule has 3 aliphatic rings. The van der Waals surface area contributed by atoms with Crippen molar-refractivity contribution in [1.29, 1.82) is 0 Å². The zero-order valence-corrected chi connectivity index (χ0v) is 15.7. The minimum atomic E-state index is 0.299. The predicted octanol–water partition coefficient (Wildman–Crippen LogP) is 1.96. The summed E-state index contributed by atoms with van der Waals surface area (Å²) in [5.74, 6) is 0.299. The van der Waals surface area contributed by atoms with Crippen molar-refractivity contribution < 1.29 is 9.53 Å². The van der Waals surface area contributed by atoms with Gasteiger partial charge in [-0.1, -0.05) is 0 Å². The fourth-order valence-electron chi connectivity index (χ4n) is 4.54. The Labute approximate surface area is 147 Å². The second-order valence-corrected chi connectivity index (χ2v) is 8.16. The summed E-state index contributed by atoms with van der Waals surface area (Å²) in [6.45, 7) is 6.76. The van der Waals surface area contributed by atoms with Crippen LogP contribution < -0.4 is 0 Å². The average molecular weight is 338 g/mol. The molecule has 0 aliphatic carbocycles. The lowest BCUT2D eigenvalue weighted by Crippen LogP contribution is -2.45. The van der Waals surface area contributed by atoms with Crippen LogP contribution >= 0.6 is 0 Å². The van der Waals surface area contributed by atoms with Gasteiger partial charge in [-0.15, -0.1) is 0 Å². The van der Waals surface area contributed by atoms with E-state index in [9.17, 15) is 4.79 Å². The number of piperidine rings is 1. The average Bonchev–Trinajstić information content (AvgIpc) is 3.22. The van der Waals surface area contributed by atoms with Crippen molar-refractivity contribution >= 4 is 5.91 Å². The Bertz CT molecular complexity index is 423. The van der Waals surface area contributed by atoms with Crippen LogP contribution in [-0.2, 0) is 9.53 Å². The molecule has 3 heterocycles. The zero-order chi connectivity index (χ0) is 17.1. The topological polar surface area (TPSA) is 36.0 Å². The van der Waals surface area contributed by atoms with E-state index < -0.39 is 0 Å². The van der Waals surface area contributed by atoms with Crippen LogP contribution in [0.15, 0.2) is 0 Å². The number of hydrogen-bond donors (Lipinski definition) is 0. The third kappa shape index (κ3) is 4.50. The Kier molecular flexibility index (Phi) is 6.17. The first-order valence-corrected chi connectivity index (χ1v) is 9.86. The van der Waals surface area contributed by atoms with E-state index in [0.29, 0.717) is 30.6 Å². The number of carbonyl (C=O) groups excluding carboxylic acids is 1. The molecule has 3 rings (SSSR count). The van der Waals surface area contributed by atoms with Gasteiger partial charge in [0.05, 0.1) is 12.2 Å². The Morgan fingerprint density at radius 3 is 2.54 bits per heavy atom. The van der Waals surface area contributed by atoms with Crippen LogP contribution in [0.25, 0.3) is 0 Å². The molecule has 5 heteroatoms. The second-order valence-electron chi connectivity index (χ2n) is 8.16. The molecular formula is C19H35N3O2. The molecule has 1 amide bonds. The highest BCUT2D eigenvalue weighted by molar-refractivity contribution is 5.76. The monoisotopic (exact) mass is 337 g/mol. The number of carbonyl (C=O) groups is 1. The lowest BCUT2D eigenvalue weighted by Gasteiger charge is -2.35. The summed E-state index contributed by atoms with van der Waals surface area (Å²) in [6, 6.07) is 1.13. The van der Waals surface area contributed by atoms with Crippen molar-refractivity contribution in [2.75, 3.05) is 40.3 Å². The highest BCUT2D eigenvalue weighted by Gasteiger charge is 2.33. The van der Waals surface area contributed by atoms with Crippen molar-refractivity contribution in [1.82, 2.24) is 14.7 Å². The van der Waals surface area contributed by atoms with E-state index in [4.69, 9.17) is 4.74 Å². The van der Waals surface area contributed by atoms with Crippen LogP contribution in [-0.4, -0.2) is 85.2 Å². The molecule has 0 radical (unpaired) electrons. The largest absolute Gasteiger partial charge is 0.375 e. The maximum atomic E-state index is 12.5. The van der Waals surface area contributed by atoms with E-state index in [1.807, 2.05) is 11.9 Å². The van der Waals surface area contributed by atoms with Crippen LogP contribution in [0.3, 0.4) is 0 Å². The molecule has 0 saturated carbocycles. The predicted molar refractivity (Wildman–Crippen MR) is 96.1 cm³/mol. The molecule has 24 heavy (non-hydrogen) atoms. The van der Waals surface area contributed by atoms with Gasteiger partial charge in [0.1, 0.15) is 0 Å². The van der Waals surface area contributed by atoms with Crippen LogP contribution in [0.2, 0.25) is 0 Å². The van der Waals surface area contributed by atoms with Gasteiger partial charge < -0.3 is 14.5 Å². The normalized spacial score (nSPS) is 33.2. The number of likely N-dealkylation sites (N-methyl/N-ethyl adjacent to an activating group) is 1. The molecule has 0 aromatic rings. The molecule has 3 atom stereocenters. The van der Waals surface area contributed by atoms with Crippen molar-refractivity contribution in [3.05, 3.63) is 0 Å². The van der Waals surface area contributed by atoms with Gasteiger partial charge >= 0.3 is 0 Å². The quantitative estimate of drug-likeness (QED) is 0.768. The third-order valence-corrected chi connectivity index (χ3v) is 6.34. The fraction of sp³-hybridized carbons (Fsp3) is 0.947. The number of amides is 1. The van der Waals surface area contributed by atoms with Crippen molar-refractivity contribution in [3.8, 4) is 0 Å². The Morgan fingerprint density at radius 2 is 1.88 bits per heavy atom. The molecule has 3 fully saturated rings.